The van der Waals surface area contributed by atoms with E-state index in [-0.39, 0.29) is 16.6 Å². The molecule has 0 fully saturated rings. The lowest BCUT2D eigenvalue weighted by Gasteiger charge is -1.97. The van der Waals surface area contributed by atoms with Crippen molar-refractivity contribution in [2.75, 3.05) is 0 Å². The smallest absolute Gasteiger partial charge is 0.261 e. The molecule has 0 bridgehead atoms. The third-order valence-electron chi connectivity index (χ3n) is 2.02. The fourth-order valence-electron chi connectivity index (χ4n) is 1.38. The topological polar surface area (TPSA) is 61.0 Å². The van der Waals surface area contributed by atoms with Crippen LogP contribution in [0.4, 0.5) is 10.1 Å². The van der Waals surface area contributed by atoms with Crippen LogP contribution >= 0.6 is 0 Å². The molecular formula is C8H6FN3O2. The number of hydrogen-bond acceptors (Lipinski definition) is 3. The Labute approximate surface area is 77.9 Å². The van der Waals surface area contributed by atoms with E-state index in [1.807, 2.05) is 0 Å². The molecule has 0 aliphatic rings. The number of benzene rings is 1. The molecule has 14 heavy (non-hydrogen) atoms. The highest BCUT2D eigenvalue weighted by Gasteiger charge is 2.17. The highest BCUT2D eigenvalue weighted by molar-refractivity contribution is 5.87. The molecule has 5 nitrogen and oxygen atoms in total. The molecule has 0 aliphatic carbocycles. The first-order chi connectivity index (χ1) is 6.61. The molecule has 2 rings (SSSR count). The van der Waals surface area contributed by atoms with E-state index in [2.05, 4.69) is 5.10 Å². The van der Waals surface area contributed by atoms with Crippen molar-refractivity contribution < 1.29 is 9.31 Å². The highest BCUT2D eigenvalue weighted by Crippen LogP contribution is 2.26. The van der Waals surface area contributed by atoms with E-state index in [0.717, 1.165) is 12.1 Å². The lowest BCUT2D eigenvalue weighted by atomic mass is 10.2. The van der Waals surface area contributed by atoms with E-state index >= 15 is 0 Å². The zero-order valence-corrected chi connectivity index (χ0v) is 7.27. The fourth-order valence-corrected chi connectivity index (χ4v) is 1.38. The van der Waals surface area contributed by atoms with E-state index in [1.54, 1.807) is 0 Å². The zero-order chi connectivity index (χ0) is 10.3. The number of aromatic nitrogens is 2. The third-order valence-corrected chi connectivity index (χ3v) is 2.02. The summed E-state index contributed by atoms with van der Waals surface area (Å²) < 4.78 is 14.5. The number of non-ortho nitro benzene ring substituents is 1. The van der Waals surface area contributed by atoms with Crippen LogP contribution in [0.5, 0.6) is 0 Å². The molecule has 0 radical (unpaired) electrons. The number of nitro benzene ring substituents is 1. The fraction of sp³-hybridized carbons (Fsp3) is 0.125. The van der Waals surface area contributed by atoms with Crippen LogP contribution in [0.3, 0.4) is 0 Å². The average Bonchev–Trinajstić information content (AvgIpc) is 2.50. The molecule has 6 heteroatoms. The number of nitro groups is 1. The van der Waals surface area contributed by atoms with Gasteiger partial charge in [-0.25, -0.2) is 4.39 Å². The van der Waals surface area contributed by atoms with E-state index in [4.69, 9.17) is 0 Å². The van der Waals surface area contributed by atoms with Crippen molar-refractivity contribution in [3.63, 3.8) is 0 Å². The van der Waals surface area contributed by atoms with Crippen molar-refractivity contribution in [2.45, 2.75) is 0 Å². The van der Waals surface area contributed by atoms with Crippen LogP contribution < -0.4 is 0 Å². The summed E-state index contributed by atoms with van der Waals surface area (Å²) in [6.07, 6.45) is 1.28. The van der Waals surface area contributed by atoms with Crippen molar-refractivity contribution in [1.29, 1.82) is 0 Å². The van der Waals surface area contributed by atoms with Crippen molar-refractivity contribution >= 4 is 16.6 Å². The first-order valence-corrected chi connectivity index (χ1v) is 3.86. The first kappa shape index (κ1) is 8.61. The maximum absolute atomic E-state index is 13.2. The monoisotopic (exact) mass is 195 g/mol. The summed E-state index contributed by atoms with van der Waals surface area (Å²) in [6, 6.07) is 2.21. The van der Waals surface area contributed by atoms with Crippen LogP contribution in [-0.4, -0.2) is 14.7 Å². The van der Waals surface area contributed by atoms with Crippen LogP contribution in [-0.2, 0) is 7.05 Å². The predicted octanol–water partition coefficient (Wildman–Crippen LogP) is 1.62. The van der Waals surface area contributed by atoms with Crippen molar-refractivity contribution in [1.82, 2.24) is 9.78 Å². The molecule has 0 saturated carbocycles. The highest BCUT2D eigenvalue weighted by atomic mass is 19.1. The predicted molar refractivity (Wildman–Crippen MR) is 47.3 cm³/mol. The van der Waals surface area contributed by atoms with Crippen LogP contribution in [0.1, 0.15) is 0 Å². The molecule has 0 unspecified atom stereocenters. The number of fused-ring (bicyclic) bond motifs is 1. The van der Waals surface area contributed by atoms with Gasteiger partial charge in [0.25, 0.3) is 5.69 Å². The summed E-state index contributed by atoms with van der Waals surface area (Å²) in [5.41, 5.74) is 0.0661. The lowest BCUT2D eigenvalue weighted by molar-refractivity contribution is -0.383. The van der Waals surface area contributed by atoms with Gasteiger partial charge in [0.1, 0.15) is 11.3 Å². The molecule has 0 aliphatic heterocycles. The van der Waals surface area contributed by atoms with Gasteiger partial charge in [0.15, 0.2) is 0 Å². The van der Waals surface area contributed by atoms with Gasteiger partial charge in [-0.3, -0.25) is 14.8 Å². The van der Waals surface area contributed by atoms with E-state index in [1.165, 1.54) is 17.9 Å². The lowest BCUT2D eigenvalue weighted by Crippen LogP contribution is -1.96. The number of nitrogens with zero attached hydrogens (tertiary/aromatic N) is 3. The Morgan fingerprint density at radius 1 is 1.57 bits per heavy atom. The van der Waals surface area contributed by atoms with Crippen LogP contribution in [0.15, 0.2) is 18.3 Å². The van der Waals surface area contributed by atoms with Gasteiger partial charge < -0.3 is 0 Å². The number of aryl methyl sites for hydroxylation is 1. The van der Waals surface area contributed by atoms with Gasteiger partial charge in [-0.1, -0.05) is 0 Å². The molecule has 1 aromatic heterocycles. The number of rotatable bonds is 1. The third kappa shape index (κ3) is 1.04. The summed E-state index contributed by atoms with van der Waals surface area (Å²) in [6.45, 7) is 0. The summed E-state index contributed by atoms with van der Waals surface area (Å²) in [4.78, 5) is 10.1. The standard InChI is InChI=1S/C8H6FN3O2/c1-11-8-5(4-10-11)6(9)2-3-7(8)12(13)14/h2-4H,1H3. The summed E-state index contributed by atoms with van der Waals surface area (Å²) in [7, 11) is 1.54. The minimum Gasteiger partial charge on any atom is -0.261 e. The second-order valence-electron chi connectivity index (χ2n) is 2.85. The quantitative estimate of drug-likeness (QED) is 0.513. The summed E-state index contributed by atoms with van der Waals surface area (Å²) in [5, 5.41) is 14.6. The molecule has 0 amide bonds. The maximum atomic E-state index is 13.2. The average molecular weight is 195 g/mol. The minimum absolute atomic E-state index is 0.138. The van der Waals surface area contributed by atoms with Crippen molar-refractivity contribution in [3.05, 3.63) is 34.3 Å². The van der Waals surface area contributed by atoms with E-state index in [9.17, 15) is 14.5 Å². The summed E-state index contributed by atoms with van der Waals surface area (Å²) in [5.74, 6) is -0.501. The number of hydrogen-bond donors (Lipinski definition) is 0. The molecule has 0 N–H and O–H groups in total. The van der Waals surface area contributed by atoms with Crippen LogP contribution in [0.25, 0.3) is 10.9 Å². The SMILES string of the molecule is Cn1ncc2c(F)ccc([N+](=O)[O-])c21. The summed E-state index contributed by atoms with van der Waals surface area (Å²) >= 11 is 0. The van der Waals surface area contributed by atoms with Gasteiger partial charge in [-0.05, 0) is 6.07 Å². The van der Waals surface area contributed by atoms with Crippen molar-refractivity contribution in [2.24, 2.45) is 7.05 Å². The van der Waals surface area contributed by atoms with Crippen LogP contribution in [0.2, 0.25) is 0 Å². The van der Waals surface area contributed by atoms with Gasteiger partial charge in [-0.15, -0.1) is 0 Å². The van der Waals surface area contributed by atoms with E-state index < -0.39 is 10.7 Å². The molecule has 1 aromatic carbocycles. The normalized spacial score (nSPS) is 10.7. The molecule has 0 atom stereocenters. The molecule has 2 aromatic rings. The Morgan fingerprint density at radius 3 is 2.93 bits per heavy atom. The minimum atomic E-state index is -0.552. The Hall–Kier alpha value is -1.98. The molecule has 1 heterocycles. The Morgan fingerprint density at radius 2 is 2.29 bits per heavy atom. The molecule has 0 saturated heterocycles. The Balaban J connectivity index is 2.92. The van der Waals surface area contributed by atoms with Crippen molar-refractivity contribution in [3.8, 4) is 0 Å². The van der Waals surface area contributed by atoms with Gasteiger partial charge >= 0.3 is 0 Å². The van der Waals surface area contributed by atoms with Gasteiger partial charge in [0.05, 0.1) is 16.5 Å². The van der Waals surface area contributed by atoms with Gasteiger partial charge in [0.2, 0.25) is 0 Å². The molecular weight excluding hydrogens is 189 g/mol. The maximum Gasteiger partial charge on any atom is 0.295 e. The largest absolute Gasteiger partial charge is 0.295 e. The van der Waals surface area contributed by atoms with Gasteiger partial charge in [-0.2, -0.15) is 5.10 Å². The molecule has 72 valence electrons. The van der Waals surface area contributed by atoms with E-state index in [0.29, 0.717) is 0 Å². The second kappa shape index (κ2) is 2.76. The Kier molecular flexibility index (Phi) is 1.70. The van der Waals surface area contributed by atoms with Gasteiger partial charge in [0, 0.05) is 13.1 Å². The molecule has 0 spiro atoms. The Bertz CT molecular complexity index is 521. The number of halogens is 1. The first-order valence-electron chi connectivity index (χ1n) is 3.86. The second-order valence-corrected chi connectivity index (χ2v) is 2.85. The zero-order valence-electron chi connectivity index (χ0n) is 7.27. The van der Waals surface area contributed by atoms with Crippen LogP contribution in [0, 0.1) is 15.9 Å².